The average molecular weight is 270 g/mol. The molecule has 0 amide bonds. The predicted octanol–water partition coefficient (Wildman–Crippen LogP) is 3.05. The van der Waals surface area contributed by atoms with Gasteiger partial charge in [-0.1, -0.05) is 24.3 Å². The molecular formula is C18H26N2. The summed E-state index contributed by atoms with van der Waals surface area (Å²) in [6, 6.07) is 9.88. The van der Waals surface area contributed by atoms with E-state index in [2.05, 4.69) is 29.2 Å². The fraction of sp³-hybridized carbons (Fsp3) is 0.667. The highest BCUT2D eigenvalue weighted by atomic mass is 15.3. The predicted molar refractivity (Wildman–Crippen MR) is 82.6 cm³/mol. The molecule has 108 valence electrons. The minimum absolute atomic E-state index is 0.137. The topological polar surface area (TPSA) is 29.3 Å². The molecule has 2 heteroatoms. The molecule has 3 aliphatic carbocycles. The molecule has 20 heavy (non-hydrogen) atoms. The van der Waals surface area contributed by atoms with E-state index < -0.39 is 0 Å². The zero-order chi connectivity index (χ0) is 13.6. The first-order valence-electron chi connectivity index (χ1n) is 8.39. The Balaban J connectivity index is 1.74. The van der Waals surface area contributed by atoms with Crippen LogP contribution in [0.3, 0.4) is 0 Å². The van der Waals surface area contributed by atoms with Crippen LogP contribution in [-0.2, 0) is 12.0 Å². The van der Waals surface area contributed by atoms with Crippen LogP contribution in [0.15, 0.2) is 24.3 Å². The lowest BCUT2D eigenvalue weighted by atomic mass is 9.75. The zero-order valence-corrected chi connectivity index (χ0v) is 12.4. The standard InChI is InChI=1S/C18H26N2/c19-13-18(20(16-9-10-16)12-14-7-8-14)11-3-5-15-4-1-2-6-17(15)18/h1-2,4,6,14,16H,3,5,7-13,19H2. The lowest BCUT2D eigenvalue weighted by molar-refractivity contribution is 0.0600. The number of nitrogens with zero attached hydrogens (tertiary/aromatic N) is 1. The van der Waals surface area contributed by atoms with Crippen LogP contribution < -0.4 is 5.73 Å². The van der Waals surface area contributed by atoms with E-state index in [4.69, 9.17) is 5.73 Å². The summed E-state index contributed by atoms with van der Waals surface area (Å²) in [6.45, 7) is 2.07. The molecule has 1 atom stereocenters. The normalized spacial score (nSPS) is 29.5. The summed E-state index contributed by atoms with van der Waals surface area (Å²) >= 11 is 0. The molecule has 3 aliphatic rings. The maximum atomic E-state index is 6.37. The van der Waals surface area contributed by atoms with E-state index in [1.54, 1.807) is 11.1 Å². The van der Waals surface area contributed by atoms with Crippen LogP contribution in [0.2, 0.25) is 0 Å². The molecule has 0 saturated heterocycles. The van der Waals surface area contributed by atoms with Gasteiger partial charge in [-0.3, -0.25) is 4.90 Å². The molecule has 0 heterocycles. The van der Waals surface area contributed by atoms with Crippen molar-refractivity contribution in [3.05, 3.63) is 35.4 Å². The molecule has 1 aromatic carbocycles. The minimum Gasteiger partial charge on any atom is -0.328 e. The summed E-state index contributed by atoms with van der Waals surface area (Å²) in [6.07, 6.45) is 9.43. The highest BCUT2D eigenvalue weighted by Crippen LogP contribution is 2.47. The highest BCUT2D eigenvalue weighted by molar-refractivity contribution is 5.37. The van der Waals surface area contributed by atoms with Crippen molar-refractivity contribution >= 4 is 0 Å². The van der Waals surface area contributed by atoms with E-state index >= 15 is 0 Å². The Kier molecular flexibility index (Phi) is 3.12. The van der Waals surface area contributed by atoms with Crippen LogP contribution in [0, 0.1) is 5.92 Å². The van der Waals surface area contributed by atoms with Gasteiger partial charge in [-0.05, 0) is 62.0 Å². The Hall–Kier alpha value is -0.860. The molecule has 2 saturated carbocycles. The van der Waals surface area contributed by atoms with Crippen LogP contribution >= 0.6 is 0 Å². The van der Waals surface area contributed by atoms with Crippen molar-refractivity contribution in [3.8, 4) is 0 Å². The number of aryl methyl sites for hydroxylation is 1. The Labute approximate surface area is 122 Å². The van der Waals surface area contributed by atoms with E-state index in [-0.39, 0.29) is 5.54 Å². The quantitative estimate of drug-likeness (QED) is 0.891. The third kappa shape index (κ3) is 2.10. The first kappa shape index (κ1) is 12.8. The SMILES string of the molecule is NCC1(N(CC2CC2)C2CC2)CCCc2ccccc21. The van der Waals surface area contributed by atoms with Gasteiger partial charge < -0.3 is 5.73 Å². The van der Waals surface area contributed by atoms with Crippen molar-refractivity contribution in [2.45, 2.75) is 56.5 Å². The minimum atomic E-state index is 0.137. The molecule has 0 bridgehead atoms. The molecule has 0 spiro atoms. The van der Waals surface area contributed by atoms with E-state index in [1.807, 2.05) is 0 Å². The Morgan fingerprint density at radius 2 is 1.95 bits per heavy atom. The Morgan fingerprint density at radius 1 is 1.15 bits per heavy atom. The number of rotatable bonds is 5. The molecule has 2 fully saturated rings. The lowest BCUT2D eigenvalue weighted by Gasteiger charge is -2.47. The molecule has 0 aromatic heterocycles. The van der Waals surface area contributed by atoms with Crippen molar-refractivity contribution in [2.75, 3.05) is 13.1 Å². The zero-order valence-electron chi connectivity index (χ0n) is 12.4. The summed E-state index contributed by atoms with van der Waals surface area (Å²) in [5.74, 6) is 0.952. The second kappa shape index (κ2) is 4.85. The van der Waals surface area contributed by atoms with Gasteiger partial charge in [-0.2, -0.15) is 0 Å². The molecule has 0 aliphatic heterocycles. The molecule has 2 N–H and O–H groups in total. The van der Waals surface area contributed by atoms with Gasteiger partial charge in [0.2, 0.25) is 0 Å². The molecule has 1 unspecified atom stereocenters. The van der Waals surface area contributed by atoms with Crippen molar-refractivity contribution in [2.24, 2.45) is 11.7 Å². The van der Waals surface area contributed by atoms with Crippen LogP contribution in [0.4, 0.5) is 0 Å². The fourth-order valence-electron chi connectivity index (χ4n) is 4.16. The maximum Gasteiger partial charge on any atom is 0.0589 e. The monoisotopic (exact) mass is 270 g/mol. The second-order valence-electron chi connectivity index (χ2n) is 7.07. The molecule has 4 rings (SSSR count). The first-order chi connectivity index (χ1) is 9.83. The number of hydrogen-bond donors (Lipinski definition) is 1. The van der Waals surface area contributed by atoms with Gasteiger partial charge in [-0.25, -0.2) is 0 Å². The number of fused-ring (bicyclic) bond motifs is 1. The number of nitrogens with two attached hydrogens (primary N) is 1. The summed E-state index contributed by atoms with van der Waals surface area (Å²) in [5, 5.41) is 0. The van der Waals surface area contributed by atoms with E-state index in [0.717, 1.165) is 18.5 Å². The van der Waals surface area contributed by atoms with Gasteiger partial charge in [0.1, 0.15) is 0 Å². The highest BCUT2D eigenvalue weighted by Gasteiger charge is 2.47. The summed E-state index contributed by atoms with van der Waals surface area (Å²) < 4.78 is 0. The van der Waals surface area contributed by atoms with Gasteiger partial charge >= 0.3 is 0 Å². The van der Waals surface area contributed by atoms with Gasteiger partial charge in [-0.15, -0.1) is 0 Å². The third-order valence-corrected chi connectivity index (χ3v) is 5.58. The number of hydrogen-bond acceptors (Lipinski definition) is 2. The second-order valence-corrected chi connectivity index (χ2v) is 7.07. The summed E-state index contributed by atoms with van der Waals surface area (Å²) in [4.78, 5) is 2.82. The van der Waals surface area contributed by atoms with Crippen LogP contribution in [0.5, 0.6) is 0 Å². The van der Waals surface area contributed by atoms with Gasteiger partial charge in [0.15, 0.2) is 0 Å². The van der Waals surface area contributed by atoms with E-state index in [0.29, 0.717) is 0 Å². The third-order valence-electron chi connectivity index (χ3n) is 5.58. The maximum absolute atomic E-state index is 6.37. The van der Waals surface area contributed by atoms with Gasteiger partial charge in [0.05, 0.1) is 5.54 Å². The van der Waals surface area contributed by atoms with Crippen LogP contribution in [-0.4, -0.2) is 24.0 Å². The van der Waals surface area contributed by atoms with Crippen molar-refractivity contribution in [1.82, 2.24) is 4.90 Å². The summed E-state index contributed by atoms with van der Waals surface area (Å²) in [7, 11) is 0. The fourth-order valence-corrected chi connectivity index (χ4v) is 4.16. The van der Waals surface area contributed by atoms with Crippen LogP contribution in [0.25, 0.3) is 0 Å². The molecular weight excluding hydrogens is 244 g/mol. The van der Waals surface area contributed by atoms with Crippen molar-refractivity contribution in [1.29, 1.82) is 0 Å². The molecule has 0 radical (unpaired) electrons. The first-order valence-corrected chi connectivity index (χ1v) is 8.39. The van der Waals surface area contributed by atoms with Crippen LogP contribution in [0.1, 0.15) is 49.7 Å². The lowest BCUT2D eigenvalue weighted by Crippen LogP contribution is -2.54. The van der Waals surface area contributed by atoms with E-state index in [1.165, 1.54) is 51.5 Å². The molecule has 1 aromatic rings. The smallest absolute Gasteiger partial charge is 0.0589 e. The summed E-state index contributed by atoms with van der Waals surface area (Å²) in [5.41, 5.74) is 9.60. The Bertz CT molecular complexity index is 490. The Morgan fingerprint density at radius 3 is 2.65 bits per heavy atom. The van der Waals surface area contributed by atoms with Gasteiger partial charge in [0, 0.05) is 19.1 Å². The average Bonchev–Trinajstić information content (AvgIpc) is 3.38. The molecule has 2 nitrogen and oxygen atoms in total. The number of benzene rings is 1. The largest absolute Gasteiger partial charge is 0.328 e. The van der Waals surface area contributed by atoms with Crippen molar-refractivity contribution in [3.63, 3.8) is 0 Å². The van der Waals surface area contributed by atoms with Gasteiger partial charge in [0.25, 0.3) is 0 Å². The van der Waals surface area contributed by atoms with E-state index in [9.17, 15) is 0 Å². The van der Waals surface area contributed by atoms with Crippen molar-refractivity contribution < 1.29 is 0 Å².